The van der Waals surface area contributed by atoms with E-state index in [0.717, 1.165) is 62.1 Å². The average molecular weight is 578 g/mol. The number of nitrogens with one attached hydrogen (secondary N) is 2. The van der Waals surface area contributed by atoms with E-state index in [1.807, 2.05) is 24.3 Å². The van der Waals surface area contributed by atoms with E-state index in [9.17, 15) is 0 Å². The van der Waals surface area contributed by atoms with Gasteiger partial charge in [-0.1, -0.05) is 37.3 Å². The van der Waals surface area contributed by atoms with Gasteiger partial charge in [0.15, 0.2) is 5.96 Å². The molecule has 0 spiro atoms. The van der Waals surface area contributed by atoms with E-state index in [1.165, 1.54) is 5.69 Å². The summed E-state index contributed by atoms with van der Waals surface area (Å²) in [5.74, 6) is 2.63. The number of ether oxygens (including phenoxy) is 1. The van der Waals surface area contributed by atoms with Crippen LogP contribution in [0, 0.1) is 0 Å². The lowest BCUT2D eigenvalue weighted by Crippen LogP contribution is -2.40. The SMILES string of the molecule is CCc1nncn1CCNC(=NCc1cccc(OC)c1)NCCCN(C)c1ccccc1.I. The van der Waals surface area contributed by atoms with Gasteiger partial charge in [0.25, 0.3) is 0 Å². The maximum atomic E-state index is 5.33. The molecule has 0 radical (unpaired) electrons. The molecule has 8 nitrogen and oxygen atoms in total. The van der Waals surface area contributed by atoms with Gasteiger partial charge in [-0.25, -0.2) is 4.99 Å². The smallest absolute Gasteiger partial charge is 0.191 e. The van der Waals surface area contributed by atoms with Gasteiger partial charge in [0.05, 0.1) is 13.7 Å². The van der Waals surface area contributed by atoms with Crippen LogP contribution in [-0.4, -0.2) is 54.5 Å². The van der Waals surface area contributed by atoms with Crippen molar-refractivity contribution < 1.29 is 4.74 Å². The number of para-hydroxylation sites is 1. The number of methoxy groups -OCH3 is 1. The fourth-order valence-electron chi connectivity index (χ4n) is 3.48. The van der Waals surface area contributed by atoms with Gasteiger partial charge in [-0.05, 0) is 36.2 Å². The normalized spacial score (nSPS) is 11.0. The minimum Gasteiger partial charge on any atom is -0.497 e. The number of aryl methyl sites for hydroxylation is 1. The molecule has 0 fully saturated rings. The molecule has 0 amide bonds. The second kappa shape index (κ2) is 15.2. The topological polar surface area (TPSA) is 79.6 Å². The van der Waals surface area contributed by atoms with Gasteiger partial charge in [0, 0.05) is 45.3 Å². The molecule has 3 aromatic rings. The minimum absolute atomic E-state index is 0. The minimum atomic E-state index is 0. The summed E-state index contributed by atoms with van der Waals surface area (Å²) in [6.07, 6.45) is 3.64. The first-order chi connectivity index (χ1) is 16.2. The van der Waals surface area contributed by atoms with Gasteiger partial charge >= 0.3 is 0 Å². The molecule has 2 N–H and O–H groups in total. The highest BCUT2D eigenvalue weighted by Crippen LogP contribution is 2.13. The van der Waals surface area contributed by atoms with Crippen LogP contribution in [0.3, 0.4) is 0 Å². The molecule has 34 heavy (non-hydrogen) atoms. The molecule has 0 aliphatic rings. The fraction of sp³-hybridized carbons (Fsp3) is 0.400. The fourth-order valence-corrected chi connectivity index (χ4v) is 3.48. The highest BCUT2D eigenvalue weighted by atomic mass is 127. The zero-order valence-electron chi connectivity index (χ0n) is 20.3. The van der Waals surface area contributed by atoms with Gasteiger partial charge in [-0.3, -0.25) is 0 Å². The average Bonchev–Trinajstić information content (AvgIpc) is 3.32. The van der Waals surface area contributed by atoms with E-state index < -0.39 is 0 Å². The summed E-state index contributed by atoms with van der Waals surface area (Å²) in [4.78, 5) is 7.05. The molecule has 2 aromatic carbocycles. The molecule has 0 aliphatic heterocycles. The molecule has 0 unspecified atom stereocenters. The Morgan fingerprint density at radius 3 is 2.65 bits per heavy atom. The zero-order valence-corrected chi connectivity index (χ0v) is 22.6. The Hall–Kier alpha value is -2.82. The molecular formula is C25H36IN7O. The van der Waals surface area contributed by atoms with Gasteiger partial charge in [-0.15, -0.1) is 34.2 Å². The third kappa shape index (κ3) is 8.85. The number of hydrogen-bond acceptors (Lipinski definition) is 5. The molecular weight excluding hydrogens is 541 g/mol. The van der Waals surface area contributed by atoms with E-state index in [-0.39, 0.29) is 24.0 Å². The molecule has 0 saturated heterocycles. The number of nitrogens with zero attached hydrogens (tertiary/aromatic N) is 5. The Bertz CT molecular complexity index is 994. The lowest BCUT2D eigenvalue weighted by Gasteiger charge is -2.20. The maximum Gasteiger partial charge on any atom is 0.191 e. The van der Waals surface area contributed by atoms with Crippen molar-refractivity contribution in [2.75, 3.05) is 38.7 Å². The van der Waals surface area contributed by atoms with Crippen molar-refractivity contribution in [3.8, 4) is 5.75 Å². The predicted octanol–water partition coefficient (Wildman–Crippen LogP) is 3.73. The number of benzene rings is 2. The molecule has 3 rings (SSSR count). The number of hydrogen-bond donors (Lipinski definition) is 2. The third-order valence-electron chi connectivity index (χ3n) is 5.37. The third-order valence-corrected chi connectivity index (χ3v) is 5.37. The molecule has 0 aliphatic carbocycles. The Kier molecular flexibility index (Phi) is 12.2. The first-order valence-electron chi connectivity index (χ1n) is 11.5. The largest absolute Gasteiger partial charge is 0.497 e. The summed E-state index contributed by atoms with van der Waals surface area (Å²) in [6, 6.07) is 18.4. The number of rotatable bonds is 12. The Labute approximate surface area is 219 Å². The zero-order chi connectivity index (χ0) is 23.3. The first-order valence-corrected chi connectivity index (χ1v) is 11.5. The van der Waals surface area contributed by atoms with E-state index in [0.29, 0.717) is 6.54 Å². The van der Waals surface area contributed by atoms with Crippen LogP contribution < -0.4 is 20.3 Å². The standard InChI is InChI=1S/C25H35N7O.HI/c1-4-24-30-29-20-32(24)17-15-27-25(28-19-21-10-8-13-23(18-21)33-3)26-14-9-16-31(2)22-11-6-5-7-12-22;/h5-8,10-13,18,20H,4,9,14-17,19H2,1-3H3,(H2,26,27,28);1H. The van der Waals surface area contributed by atoms with Crippen molar-refractivity contribution in [1.82, 2.24) is 25.4 Å². The summed E-state index contributed by atoms with van der Waals surface area (Å²) in [5.41, 5.74) is 2.33. The Morgan fingerprint density at radius 1 is 1.09 bits per heavy atom. The van der Waals surface area contributed by atoms with Gasteiger partial charge < -0.3 is 24.8 Å². The summed E-state index contributed by atoms with van der Waals surface area (Å²) >= 11 is 0. The second-order valence-electron chi connectivity index (χ2n) is 7.77. The number of anilines is 1. The highest BCUT2D eigenvalue weighted by Gasteiger charge is 2.04. The highest BCUT2D eigenvalue weighted by molar-refractivity contribution is 14.0. The lowest BCUT2D eigenvalue weighted by molar-refractivity contribution is 0.414. The van der Waals surface area contributed by atoms with Crippen LogP contribution >= 0.6 is 24.0 Å². The van der Waals surface area contributed by atoms with Crippen molar-refractivity contribution in [3.05, 3.63) is 72.3 Å². The van der Waals surface area contributed by atoms with Crippen molar-refractivity contribution >= 4 is 35.6 Å². The van der Waals surface area contributed by atoms with Crippen molar-refractivity contribution in [2.24, 2.45) is 4.99 Å². The van der Waals surface area contributed by atoms with Gasteiger partial charge in [-0.2, -0.15) is 0 Å². The molecule has 0 bridgehead atoms. The number of halogens is 1. The first kappa shape index (κ1) is 27.4. The van der Waals surface area contributed by atoms with Crippen LogP contribution in [0.5, 0.6) is 5.75 Å². The van der Waals surface area contributed by atoms with E-state index in [1.54, 1.807) is 13.4 Å². The van der Waals surface area contributed by atoms with Crippen LogP contribution in [-0.2, 0) is 19.5 Å². The summed E-state index contributed by atoms with van der Waals surface area (Å²) in [5, 5.41) is 15.1. The summed E-state index contributed by atoms with van der Waals surface area (Å²) < 4.78 is 7.40. The molecule has 184 valence electrons. The second-order valence-corrected chi connectivity index (χ2v) is 7.77. The summed E-state index contributed by atoms with van der Waals surface area (Å²) in [7, 11) is 3.80. The molecule has 1 heterocycles. The molecule has 9 heteroatoms. The summed E-state index contributed by atoms with van der Waals surface area (Å²) in [6.45, 7) is 5.96. The monoisotopic (exact) mass is 577 g/mol. The molecule has 0 saturated carbocycles. The number of aromatic nitrogens is 3. The maximum absolute atomic E-state index is 5.33. The van der Waals surface area contributed by atoms with E-state index in [4.69, 9.17) is 9.73 Å². The van der Waals surface area contributed by atoms with E-state index >= 15 is 0 Å². The van der Waals surface area contributed by atoms with Crippen molar-refractivity contribution in [2.45, 2.75) is 32.9 Å². The van der Waals surface area contributed by atoms with Crippen molar-refractivity contribution in [3.63, 3.8) is 0 Å². The Morgan fingerprint density at radius 2 is 1.88 bits per heavy atom. The van der Waals surface area contributed by atoms with Crippen LogP contribution in [0.1, 0.15) is 24.7 Å². The van der Waals surface area contributed by atoms with Crippen LogP contribution in [0.4, 0.5) is 5.69 Å². The quantitative estimate of drug-likeness (QED) is 0.148. The molecule has 1 aromatic heterocycles. The van der Waals surface area contributed by atoms with Crippen molar-refractivity contribution in [1.29, 1.82) is 0 Å². The van der Waals surface area contributed by atoms with Gasteiger partial charge in [0.1, 0.15) is 17.9 Å². The van der Waals surface area contributed by atoms with Gasteiger partial charge in [0.2, 0.25) is 0 Å². The number of guanidine groups is 1. The van der Waals surface area contributed by atoms with Crippen LogP contribution in [0.25, 0.3) is 0 Å². The lowest BCUT2D eigenvalue weighted by atomic mass is 10.2. The number of aliphatic imine (C=N–C) groups is 1. The van der Waals surface area contributed by atoms with Crippen LogP contribution in [0.2, 0.25) is 0 Å². The molecule has 0 atom stereocenters. The van der Waals surface area contributed by atoms with Crippen LogP contribution in [0.15, 0.2) is 65.9 Å². The predicted molar refractivity (Wildman–Crippen MR) is 149 cm³/mol. The Balaban J connectivity index is 0.00000408. The van der Waals surface area contributed by atoms with E-state index in [2.05, 4.69) is 74.6 Å².